The number of hydrogen-bond donors (Lipinski definition) is 0. The summed E-state index contributed by atoms with van der Waals surface area (Å²) < 4.78 is 11.5. The van der Waals surface area contributed by atoms with Gasteiger partial charge in [0.25, 0.3) is 0 Å². The van der Waals surface area contributed by atoms with Crippen LogP contribution in [0.15, 0.2) is 78.5 Å². The van der Waals surface area contributed by atoms with Crippen molar-refractivity contribution in [2.24, 2.45) is 5.92 Å². The van der Waals surface area contributed by atoms with Gasteiger partial charge in [-0.3, -0.25) is 4.68 Å². The number of allylic oxidation sites excluding steroid dienone is 2. The topological polar surface area (TPSA) is 44.9 Å². The van der Waals surface area contributed by atoms with Crippen LogP contribution in [0.3, 0.4) is 0 Å². The van der Waals surface area contributed by atoms with Crippen LogP contribution in [0.1, 0.15) is 158 Å². The molecule has 3 aromatic carbocycles. The van der Waals surface area contributed by atoms with E-state index in [9.17, 15) is 0 Å². The Morgan fingerprint density at radius 1 is 0.772 bits per heavy atom. The third-order valence-corrected chi connectivity index (χ3v) is 13.3. The van der Waals surface area contributed by atoms with Crippen molar-refractivity contribution in [3.05, 3.63) is 119 Å². The van der Waals surface area contributed by atoms with E-state index in [0.717, 1.165) is 27.9 Å². The summed E-state index contributed by atoms with van der Waals surface area (Å²) in [5, 5.41) is 8.10. The van der Waals surface area contributed by atoms with Crippen molar-refractivity contribution in [1.82, 2.24) is 19.3 Å². The molecular formula is C51H58N4OPt. The molecule has 2 atom stereocenters. The van der Waals surface area contributed by atoms with Crippen molar-refractivity contribution in [3.8, 4) is 23.0 Å². The Morgan fingerprint density at radius 2 is 1.51 bits per heavy atom. The number of hydrogen-bond acceptors (Lipinski definition) is 3. The fraction of sp³-hybridized carbons (Fsp3) is 0.451. The quantitative estimate of drug-likeness (QED) is 0.118. The Morgan fingerprint density at radius 3 is 2.23 bits per heavy atom. The number of rotatable bonds is 7. The van der Waals surface area contributed by atoms with Crippen molar-refractivity contribution >= 4 is 21.8 Å². The standard InChI is InChI=1S/C51H58N4O.Pt/c1-33-26-27-52-46(28-33)54-44-23-14-13-22-42(44)43-25-24-40(32-45(43)54)56-41-30-38(51(4,5)6)29-39(31-41)55-50(37-20-11-8-12-21-37)48(47-34(2)16-15-17-35(47)3)49(53-55)36-18-9-7-10-19-36;/h13-14,16,22-30,35-37,47H,7-12,15,17-21H2,1-6H3;/q-2;+2/t35-,47?;/m0./s1. The largest absolute Gasteiger partial charge is 2.00 e. The van der Waals surface area contributed by atoms with E-state index in [0.29, 0.717) is 35.2 Å². The van der Waals surface area contributed by atoms with Crippen LogP contribution in [0.5, 0.6) is 11.5 Å². The van der Waals surface area contributed by atoms with Gasteiger partial charge in [0.15, 0.2) is 0 Å². The molecule has 0 saturated heterocycles. The molecule has 6 heteroatoms. The molecule has 3 aliphatic carbocycles. The van der Waals surface area contributed by atoms with Gasteiger partial charge >= 0.3 is 21.1 Å². The maximum absolute atomic E-state index is 6.89. The van der Waals surface area contributed by atoms with Crippen molar-refractivity contribution in [3.63, 3.8) is 0 Å². The summed E-state index contributed by atoms with van der Waals surface area (Å²) in [5.41, 5.74) is 11.3. The van der Waals surface area contributed by atoms with E-state index in [4.69, 9.17) is 14.8 Å². The smallest absolute Gasteiger partial charge is 0.509 e. The zero-order valence-electron chi connectivity index (χ0n) is 34.7. The first kappa shape index (κ1) is 39.9. The van der Waals surface area contributed by atoms with E-state index in [2.05, 4.69) is 124 Å². The maximum Gasteiger partial charge on any atom is 2.00 e. The van der Waals surface area contributed by atoms with Crippen LogP contribution in [0.4, 0.5) is 0 Å². The number of fused-ring (bicyclic) bond motifs is 3. The van der Waals surface area contributed by atoms with Crippen LogP contribution in [0.25, 0.3) is 33.3 Å². The van der Waals surface area contributed by atoms with Crippen molar-refractivity contribution < 1.29 is 25.8 Å². The molecule has 0 bridgehead atoms. The van der Waals surface area contributed by atoms with E-state index in [-0.39, 0.29) is 26.5 Å². The van der Waals surface area contributed by atoms with Crippen LogP contribution in [-0.2, 0) is 26.5 Å². The average Bonchev–Trinajstić information content (AvgIpc) is 3.74. The monoisotopic (exact) mass is 937 g/mol. The van der Waals surface area contributed by atoms with E-state index < -0.39 is 0 Å². The van der Waals surface area contributed by atoms with Gasteiger partial charge < -0.3 is 9.30 Å². The molecule has 9 rings (SSSR count). The van der Waals surface area contributed by atoms with Crippen LogP contribution in [-0.4, -0.2) is 19.3 Å². The predicted octanol–water partition coefficient (Wildman–Crippen LogP) is 13.9. The van der Waals surface area contributed by atoms with Gasteiger partial charge in [-0.2, -0.15) is 11.2 Å². The molecule has 0 spiro atoms. The van der Waals surface area contributed by atoms with Crippen molar-refractivity contribution in [2.75, 3.05) is 0 Å². The predicted molar refractivity (Wildman–Crippen MR) is 230 cm³/mol. The minimum absolute atomic E-state index is 0. The molecule has 0 radical (unpaired) electrons. The number of ether oxygens (including phenoxy) is 1. The maximum atomic E-state index is 6.89. The zero-order valence-corrected chi connectivity index (χ0v) is 37.0. The molecule has 2 fully saturated rings. The van der Waals surface area contributed by atoms with Gasteiger partial charge in [0.2, 0.25) is 0 Å². The molecule has 1 unspecified atom stereocenters. The van der Waals surface area contributed by atoms with Crippen LogP contribution in [0.2, 0.25) is 0 Å². The van der Waals surface area contributed by atoms with Gasteiger partial charge in [-0.25, -0.2) is 4.98 Å². The molecule has 0 amide bonds. The third-order valence-electron chi connectivity index (χ3n) is 13.3. The van der Waals surface area contributed by atoms with Crippen LogP contribution < -0.4 is 4.74 Å². The third kappa shape index (κ3) is 7.71. The van der Waals surface area contributed by atoms with E-state index >= 15 is 0 Å². The first-order valence-electron chi connectivity index (χ1n) is 21.6. The molecule has 2 saturated carbocycles. The molecule has 0 aliphatic heterocycles. The Balaban J connectivity index is 0.00000455. The Kier molecular flexibility index (Phi) is 11.4. The SMILES string of the molecule is CC1=CCC[C@H](C)C1c1c(C2CCCCC2)nn(-c2[c-]c(Oc3[c-]c4c(cc3)c3ccccc3n4-c3cc(C)ccn3)cc(C(C)(C)C)c2)c1C1CCCCC1.[Pt+2]. The second-order valence-corrected chi connectivity index (χ2v) is 18.3. The van der Waals surface area contributed by atoms with Crippen LogP contribution in [0, 0.1) is 25.0 Å². The fourth-order valence-electron chi connectivity index (χ4n) is 10.3. The molecule has 3 aromatic heterocycles. The van der Waals surface area contributed by atoms with Crippen molar-refractivity contribution in [1.29, 1.82) is 0 Å². The van der Waals surface area contributed by atoms with E-state index in [1.165, 1.54) is 111 Å². The van der Waals surface area contributed by atoms with Gasteiger partial charge in [-0.1, -0.05) is 102 Å². The summed E-state index contributed by atoms with van der Waals surface area (Å²) in [6.07, 6.45) is 19.6. The average molecular weight is 938 g/mol. The number of aromatic nitrogens is 4. The number of aryl methyl sites for hydroxylation is 1. The summed E-state index contributed by atoms with van der Waals surface area (Å²) in [7, 11) is 0. The number of pyridine rings is 1. The molecule has 298 valence electrons. The molecule has 5 nitrogen and oxygen atoms in total. The Labute approximate surface area is 354 Å². The second kappa shape index (κ2) is 16.4. The van der Waals surface area contributed by atoms with Crippen LogP contribution >= 0.6 is 0 Å². The van der Waals surface area contributed by atoms with E-state index in [1.54, 1.807) is 5.56 Å². The Hall–Kier alpha value is -3.95. The van der Waals surface area contributed by atoms with Crippen molar-refractivity contribution in [2.45, 2.75) is 142 Å². The summed E-state index contributed by atoms with van der Waals surface area (Å²) in [6, 6.07) is 29.0. The number of benzene rings is 3. The first-order chi connectivity index (χ1) is 27.1. The zero-order chi connectivity index (χ0) is 38.6. The van der Waals surface area contributed by atoms with Gasteiger partial charge in [0, 0.05) is 52.2 Å². The summed E-state index contributed by atoms with van der Waals surface area (Å²) in [4.78, 5) is 4.79. The molecule has 6 aromatic rings. The van der Waals surface area contributed by atoms with Gasteiger partial charge in [0.1, 0.15) is 5.82 Å². The van der Waals surface area contributed by atoms with Gasteiger partial charge in [-0.05, 0) is 98.5 Å². The minimum Gasteiger partial charge on any atom is -0.509 e. The molecule has 57 heavy (non-hydrogen) atoms. The van der Waals surface area contributed by atoms with E-state index in [1.807, 2.05) is 12.3 Å². The summed E-state index contributed by atoms with van der Waals surface area (Å²) >= 11 is 0. The first-order valence-corrected chi connectivity index (χ1v) is 21.6. The number of nitrogens with zero attached hydrogens (tertiary/aromatic N) is 4. The normalized spacial score (nSPS) is 19.8. The van der Waals surface area contributed by atoms with Gasteiger partial charge in [0.05, 0.1) is 5.69 Å². The van der Waals surface area contributed by atoms with Gasteiger partial charge in [-0.15, -0.1) is 41.3 Å². The Bertz CT molecular complexity index is 2420. The molecular weight excluding hydrogens is 880 g/mol. The molecule has 3 aliphatic rings. The summed E-state index contributed by atoms with van der Waals surface area (Å²) in [6.45, 7) is 13.9. The minimum atomic E-state index is -0.108. The fourth-order valence-corrected chi connectivity index (χ4v) is 10.3. The number of para-hydroxylation sites is 1. The molecule has 3 heterocycles. The second-order valence-electron chi connectivity index (χ2n) is 18.3. The molecule has 0 N–H and O–H groups in total. The summed E-state index contributed by atoms with van der Waals surface area (Å²) in [5.74, 6) is 4.27.